The van der Waals surface area contributed by atoms with Gasteiger partial charge in [0, 0.05) is 6.04 Å². The van der Waals surface area contributed by atoms with Crippen molar-refractivity contribution < 1.29 is 0 Å². The molecule has 0 atom stereocenters. The first-order valence-electron chi connectivity index (χ1n) is 8.99. The lowest BCUT2D eigenvalue weighted by molar-refractivity contribution is 0.237. The van der Waals surface area contributed by atoms with Gasteiger partial charge in [0.25, 0.3) is 0 Å². The minimum atomic E-state index is -0.0542. The van der Waals surface area contributed by atoms with Gasteiger partial charge in [-0.1, -0.05) is 50.3 Å². The quantitative estimate of drug-likeness (QED) is 0.940. The maximum Gasteiger partial charge on any atom is 0.176 e. The molecule has 5 nitrogen and oxygen atoms in total. The summed E-state index contributed by atoms with van der Waals surface area (Å²) in [6.07, 6.45) is 11.4. The van der Waals surface area contributed by atoms with E-state index in [0.717, 1.165) is 24.4 Å². The molecule has 1 N–H and O–H groups in total. The van der Waals surface area contributed by atoms with Crippen LogP contribution in [0.2, 0.25) is 0 Å². The van der Waals surface area contributed by atoms with Crippen molar-refractivity contribution in [1.29, 1.82) is 0 Å². The highest BCUT2D eigenvalue weighted by atomic mass is 15.6. The summed E-state index contributed by atoms with van der Waals surface area (Å²) in [6.45, 7) is 0. The summed E-state index contributed by atoms with van der Waals surface area (Å²) < 4.78 is 1.93. The summed E-state index contributed by atoms with van der Waals surface area (Å²) in [4.78, 5) is 0. The second-order valence-electron chi connectivity index (χ2n) is 7.02. The van der Waals surface area contributed by atoms with Gasteiger partial charge in [-0.25, -0.2) is 0 Å². The first-order chi connectivity index (χ1) is 11.4. The van der Waals surface area contributed by atoms with Crippen LogP contribution in [0.5, 0.6) is 0 Å². The number of nitrogens with one attached hydrogen (secondary N) is 1. The summed E-state index contributed by atoms with van der Waals surface area (Å²) in [5.41, 5.74) is 0.991. The first-order valence-corrected chi connectivity index (χ1v) is 8.99. The average molecular weight is 311 g/mol. The van der Waals surface area contributed by atoms with Gasteiger partial charge in [0.2, 0.25) is 0 Å². The monoisotopic (exact) mass is 311 g/mol. The standard InChI is InChI=1S/C18H25N5/c1-3-9-15(10-4-1)19-18(13-7-8-14-18)17-20-21-22-23(17)16-11-5-2-6-12-16/h2,5-6,11-12,15,19H,1,3-4,7-10,13-14H2. The van der Waals surface area contributed by atoms with Gasteiger partial charge in [-0.05, 0) is 48.2 Å². The van der Waals surface area contributed by atoms with E-state index in [1.807, 2.05) is 22.9 Å². The van der Waals surface area contributed by atoms with Gasteiger partial charge in [0.1, 0.15) is 0 Å². The molecule has 0 spiro atoms. The van der Waals surface area contributed by atoms with E-state index in [2.05, 4.69) is 33.0 Å². The molecule has 1 heterocycles. The van der Waals surface area contributed by atoms with Crippen molar-refractivity contribution >= 4 is 0 Å². The van der Waals surface area contributed by atoms with Crippen LogP contribution in [0.15, 0.2) is 30.3 Å². The molecule has 0 bridgehead atoms. The molecule has 2 aromatic rings. The van der Waals surface area contributed by atoms with E-state index in [1.54, 1.807) is 0 Å². The number of para-hydroxylation sites is 1. The third-order valence-electron chi connectivity index (χ3n) is 5.44. The lowest BCUT2D eigenvalue weighted by Gasteiger charge is -2.35. The lowest BCUT2D eigenvalue weighted by atomic mass is 9.89. The minimum absolute atomic E-state index is 0.0542. The Morgan fingerprint density at radius 3 is 2.43 bits per heavy atom. The highest BCUT2D eigenvalue weighted by Gasteiger charge is 2.42. The van der Waals surface area contributed by atoms with E-state index in [1.165, 1.54) is 44.9 Å². The van der Waals surface area contributed by atoms with Crippen molar-refractivity contribution in [3.63, 3.8) is 0 Å². The number of hydrogen-bond donors (Lipinski definition) is 1. The highest BCUT2D eigenvalue weighted by molar-refractivity contribution is 5.32. The predicted octanol–water partition coefficient (Wildman–Crippen LogP) is 3.35. The Labute approximate surface area is 137 Å². The van der Waals surface area contributed by atoms with Crippen LogP contribution < -0.4 is 5.32 Å². The van der Waals surface area contributed by atoms with E-state index < -0.39 is 0 Å². The van der Waals surface area contributed by atoms with E-state index >= 15 is 0 Å². The van der Waals surface area contributed by atoms with Gasteiger partial charge < -0.3 is 5.32 Å². The van der Waals surface area contributed by atoms with E-state index in [9.17, 15) is 0 Å². The zero-order valence-corrected chi connectivity index (χ0v) is 13.6. The SMILES string of the molecule is c1ccc(-n2nnnc2C2(NC3CCCCC3)CCCC2)cc1. The molecule has 2 fully saturated rings. The predicted molar refractivity (Wildman–Crippen MR) is 89.3 cm³/mol. The topological polar surface area (TPSA) is 55.6 Å². The second-order valence-corrected chi connectivity index (χ2v) is 7.02. The van der Waals surface area contributed by atoms with Crippen LogP contribution in [-0.4, -0.2) is 26.2 Å². The van der Waals surface area contributed by atoms with Crippen molar-refractivity contribution in [3.8, 4) is 5.69 Å². The van der Waals surface area contributed by atoms with Crippen LogP contribution >= 0.6 is 0 Å². The average Bonchev–Trinajstić information content (AvgIpc) is 3.26. The summed E-state index contributed by atoms with van der Waals surface area (Å²) >= 11 is 0. The lowest BCUT2D eigenvalue weighted by Crippen LogP contribution is -2.48. The number of aromatic nitrogens is 4. The molecule has 0 amide bonds. The fourth-order valence-corrected chi connectivity index (χ4v) is 4.28. The zero-order valence-electron chi connectivity index (χ0n) is 13.6. The molecule has 2 aliphatic rings. The third kappa shape index (κ3) is 2.90. The smallest absolute Gasteiger partial charge is 0.176 e. The van der Waals surface area contributed by atoms with Crippen molar-refractivity contribution in [2.24, 2.45) is 0 Å². The Balaban J connectivity index is 1.67. The normalized spacial score (nSPS) is 21.6. The maximum atomic E-state index is 4.45. The van der Waals surface area contributed by atoms with Crippen LogP contribution in [0, 0.1) is 0 Å². The largest absolute Gasteiger partial charge is 0.302 e. The van der Waals surface area contributed by atoms with Gasteiger partial charge in [0.15, 0.2) is 5.82 Å². The summed E-state index contributed by atoms with van der Waals surface area (Å²) in [7, 11) is 0. The Hall–Kier alpha value is -1.75. The molecule has 2 saturated carbocycles. The van der Waals surface area contributed by atoms with Crippen LogP contribution in [0.25, 0.3) is 5.69 Å². The number of rotatable bonds is 4. The first kappa shape index (κ1) is 14.8. The van der Waals surface area contributed by atoms with Crippen molar-refractivity contribution in [3.05, 3.63) is 36.2 Å². The molecule has 2 aliphatic carbocycles. The molecular weight excluding hydrogens is 286 g/mol. The van der Waals surface area contributed by atoms with Crippen molar-refractivity contribution in [2.75, 3.05) is 0 Å². The molecule has 4 rings (SSSR count). The van der Waals surface area contributed by atoms with Crippen LogP contribution in [-0.2, 0) is 5.54 Å². The Kier molecular flexibility index (Phi) is 4.12. The van der Waals surface area contributed by atoms with Crippen LogP contribution in [0.1, 0.15) is 63.6 Å². The molecule has 5 heteroatoms. The Bertz CT molecular complexity index is 624. The number of benzene rings is 1. The van der Waals surface area contributed by atoms with Gasteiger partial charge >= 0.3 is 0 Å². The van der Waals surface area contributed by atoms with Crippen LogP contribution in [0.4, 0.5) is 0 Å². The summed E-state index contributed by atoms with van der Waals surface area (Å²) in [6, 6.07) is 10.9. The number of nitrogens with zero attached hydrogens (tertiary/aromatic N) is 4. The molecule has 1 aromatic carbocycles. The fraction of sp³-hybridized carbons (Fsp3) is 0.611. The molecule has 122 valence electrons. The highest BCUT2D eigenvalue weighted by Crippen LogP contribution is 2.39. The third-order valence-corrected chi connectivity index (χ3v) is 5.44. The molecule has 1 aromatic heterocycles. The number of tetrazole rings is 1. The van der Waals surface area contributed by atoms with Crippen molar-refractivity contribution in [1.82, 2.24) is 25.5 Å². The molecule has 0 unspecified atom stereocenters. The van der Waals surface area contributed by atoms with Gasteiger partial charge in [0.05, 0.1) is 11.2 Å². The number of hydrogen-bond acceptors (Lipinski definition) is 4. The van der Waals surface area contributed by atoms with E-state index in [0.29, 0.717) is 6.04 Å². The zero-order chi connectivity index (χ0) is 15.5. The molecule has 0 radical (unpaired) electrons. The molecule has 0 aliphatic heterocycles. The summed E-state index contributed by atoms with van der Waals surface area (Å²) in [5.74, 6) is 0.992. The Morgan fingerprint density at radius 2 is 1.70 bits per heavy atom. The van der Waals surface area contributed by atoms with Crippen molar-refractivity contribution in [2.45, 2.75) is 69.4 Å². The maximum absolute atomic E-state index is 4.45. The van der Waals surface area contributed by atoms with Gasteiger partial charge in [-0.15, -0.1) is 5.10 Å². The minimum Gasteiger partial charge on any atom is -0.302 e. The summed E-state index contributed by atoms with van der Waals surface area (Å²) in [5, 5.41) is 16.7. The van der Waals surface area contributed by atoms with Gasteiger partial charge in [-0.2, -0.15) is 4.68 Å². The second kappa shape index (κ2) is 6.40. The van der Waals surface area contributed by atoms with E-state index in [-0.39, 0.29) is 5.54 Å². The Morgan fingerprint density at radius 1 is 0.957 bits per heavy atom. The molecule has 0 saturated heterocycles. The van der Waals surface area contributed by atoms with E-state index in [4.69, 9.17) is 0 Å². The fourth-order valence-electron chi connectivity index (χ4n) is 4.28. The van der Waals surface area contributed by atoms with Gasteiger partial charge in [-0.3, -0.25) is 0 Å². The van der Waals surface area contributed by atoms with Crippen LogP contribution in [0.3, 0.4) is 0 Å². The molecule has 23 heavy (non-hydrogen) atoms. The molecular formula is C18H25N5.